The Labute approximate surface area is 201 Å². The van der Waals surface area contributed by atoms with Crippen molar-refractivity contribution in [2.24, 2.45) is 0 Å². The number of aromatic amines is 2. The molecule has 178 valence electrons. The van der Waals surface area contributed by atoms with E-state index in [0.717, 1.165) is 54.1 Å². The molecule has 1 aliphatic rings. The van der Waals surface area contributed by atoms with Crippen LogP contribution >= 0.6 is 0 Å². The molecule has 0 amide bonds. The lowest BCUT2D eigenvalue weighted by Gasteiger charge is -2.33. The number of anilines is 2. The third kappa shape index (κ3) is 3.75. The predicted octanol–water partition coefficient (Wildman–Crippen LogP) is 3.52. The second-order valence-corrected chi connectivity index (χ2v) is 9.18. The Kier molecular flexibility index (Phi) is 5.10. The van der Waals surface area contributed by atoms with Gasteiger partial charge in [0.25, 0.3) is 0 Å². The Hall–Kier alpha value is -4.05. The number of H-pyrrole nitrogens is 2. The fraction of sp³-hybridized carbons (Fsp3) is 0.280. The first-order chi connectivity index (χ1) is 17.0. The molecule has 1 saturated heterocycles. The van der Waals surface area contributed by atoms with Crippen LogP contribution in [0.2, 0.25) is 0 Å². The number of aromatic nitrogens is 6. The van der Waals surface area contributed by atoms with Gasteiger partial charge in [-0.2, -0.15) is 5.10 Å². The molecule has 1 fully saturated rings. The van der Waals surface area contributed by atoms with Crippen molar-refractivity contribution in [2.75, 3.05) is 57.1 Å². The molecule has 0 radical (unpaired) electrons. The Morgan fingerprint density at radius 3 is 2.66 bits per heavy atom. The third-order valence-corrected chi connectivity index (χ3v) is 6.61. The number of fused-ring (bicyclic) bond motifs is 2. The molecule has 35 heavy (non-hydrogen) atoms. The second-order valence-electron chi connectivity index (χ2n) is 9.18. The number of halogens is 1. The smallest absolute Gasteiger partial charge is 0.159 e. The van der Waals surface area contributed by atoms with Crippen LogP contribution in [0, 0.1) is 5.82 Å². The van der Waals surface area contributed by atoms with E-state index in [4.69, 9.17) is 4.98 Å². The molecule has 5 aromatic rings. The molecule has 0 aliphatic carbocycles. The Morgan fingerprint density at radius 2 is 1.86 bits per heavy atom. The van der Waals surface area contributed by atoms with Crippen molar-refractivity contribution >= 4 is 33.4 Å². The standard InChI is InChI=1S/C25H26FN9/c1-33(2)16-10-15(13-27-14-16)17-11-18-21(12-19(17)26)31-32-22(18)24-29-20-4-5-28-25(23(20)30-24)35-8-6-34(3)7-9-35/h4-5,10-14H,6-9H2,1-3H3,(H,29,30)(H,31,32). The number of hydrogen-bond donors (Lipinski definition) is 2. The number of nitrogens with one attached hydrogen (secondary N) is 2. The zero-order valence-corrected chi connectivity index (χ0v) is 19.9. The molecule has 0 spiro atoms. The van der Waals surface area contributed by atoms with Crippen molar-refractivity contribution in [3.63, 3.8) is 0 Å². The first-order valence-electron chi connectivity index (χ1n) is 11.6. The van der Waals surface area contributed by atoms with Gasteiger partial charge >= 0.3 is 0 Å². The van der Waals surface area contributed by atoms with Crippen LogP contribution in [0.4, 0.5) is 15.9 Å². The summed E-state index contributed by atoms with van der Waals surface area (Å²) in [6, 6.07) is 7.13. The lowest BCUT2D eigenvalue weighted by atomic mass is 10.0. The van der Waals surface area contributed by atoms with Crippen molar-refractivity contribution in [1.29, 1.82) is 0 Å². The highest BCUT2D eigenvalue weighted by Gasteiger charge is 2.21. The third-order valence-electron chi connectivity index (χ3n) is 6.61. The highest BCUT2D eigenvalue weighted by atomic mass is 19.1. The summed E-state index contributed by atoms with van der Waals surface area (Å²) in [5, 5.41) is 8.22. The molecular formula is C25H26FN9. The molecule has 1 aromatic carbocycles. The van der Waals surface area contributed by atoms with Crippen molar-refractivity contribution in [3.8, 4) is 22.6 Å². The normalized spacial score (nSPS) is 14.8. The molecule has 0 unspecified atom stereocenters. The number of pyridine rings is 2. The molecular weight excluding hydrogens is 445 g/mol. The van der Waals surface area contributed by atoms with Gasteiger partial charge < -0.3 is 19.7 Å². The van der Waals surface area contributed by atoms with E-state index in [-0.39, 0.29) is 5.82 Å². The average molecular weight is 472 g/mol. The number of rotatable bonds is 4. The maximum absolute atomic E-state index is 15.1. The van der Waals surface area contributed by atoms with Crippen molar-refractivity contribution in [3.05, 3.63) is 48.7 Å². The summed E-state index contributed by atoms with van der Waals surface area (Å²) in [5.41, 5.74) is 5.02. The van der Waals surface area contributed by atoms with Crippen LogP contribution in [-0.4, -0.2) is 82.4 Å². The van der Waals surface area contributed by atoms with Gasteiger partial charge in [0.05, 0.1) is 22.9 Å². The second kappa shape index (κ2) is 8.31. The topological polar surface area (TPSA) is 92.9 Å². The van der Waals surface area contributed by atoms with Gasteiger partial charge in [0.1, 0.15) is 17.0 Å². The van der Waals surface area contributed by atoms with Crippen LogP contribution in [0.3, 0.4) is 0 Å². The van der Waals surface area contributed by atoms with Crippen LogP contribution in [0.25, 0.3) is 44.6 Å². The minimum atomic E-state index is -0.337. The minimum absolute atomic E-state index is 0.337. The Bertz CT molecular complexity index is 1530. The number of imidazole rings is 1. The van der Waals surface area contributed by atoms with Gasteiger partial charge in [-0.1, -0.05) is 0 Å². The molecule has 0 saturated carbocycles. The molecule has 1 aliphatic heterocycles. The minimum Gasteiger partial charge on any atom is -0.376 e. The van der Waals surface area contributed by atoms with Crippen molar-refractivity contribution in [1.82, 2.24) is 35.0 Å². The van der Waals surface area contributed by atoms with Gasteiger partial charge in [0, 0.05) is 75.2 Å². The zero-order chi connectivity index (χ0) is 24.1. The Balaban J connectivity index is 1.44. The van der Waals surface area contributed by atoms with E-state index in [2.05, 4.69) is 42.0 Å². The lowest BCUT2D eigenvalue weighted by molar-refractivity contribution is 0.312. The number of likely N-dealkylation sites (N-methyl/N-ethyl adjacent to an activating group) is 1. The van der Waals surface area contributed by atoms with E-state index < -0.39 is 0 Å². The van der Waals surface area contributed by atoms with Crippen molar-refractivity contribution in [2.45, 2.75) is 0 Å². The maximum Gasteiger partial charge on any atom is 0.159 e. The molecule has 5 heterocycles. The van der Waals surface area contributed by atoms with Crippen LogP contribution in [-0.2, 0) is 0 Å². The highest BCUT2D eigenvalue weighted by molar-refractivity contribution is 5.97. The van der Waals surface area contributed by atoms with E-state index in [1.165, 1.54) is 6.07 Å². The SMILES string of the molecule is CN1CCN(c2nccc3[nH]c(-c4n[nH]c5cc(F)c(-c6cncc(N(C)C)c6)cc45)nc23)CC1. The van der Waals surface area contributed by atoms with E-state index in [9.17, 15) is 0 Å². The van der Waals surface area contributed by atoms with Crippen LogP contribution in [0.5, 0.6) is 0 Å². The number of nitrogens with zero attached hydrogens (tertiary/aromatic N) is 7. The van der Waals surface area contributed by atoms with E-state index >= 15 is 4.39 Å². The Morgan fingerprint density at radius 1 is 1.03 bits per heavy atom. The first-order valence-corrected chi connectivity index (χ1v) is 11.6. The maximum atomic E-state index is 15.1. The average Bonchev–Trinajstić information content (AvgIpc) is 3.47. The summed E-state index contributed by atoms with van der Waals surface area (Å²) in [6.07, 6.45) is 5.23. The summed E-state index contributed by atoms with van der Waals surface area (Å²) in [7, 11) is 5.99. The zero-order valence-electron chi connectivity index (χ0n) is 19.9. The van der Waals surface area contributed by atoms with Crippen LogP contribution in [0.15, 0.2) is 42.9 Å². The van der Waals surface area contributed by atoms with Gasteiger partial charge in [-0.3, -0.25) is 10.1 Å². The van der Waals surface area contributed by atoms with Crippen LogP contribution < -0.4 is 9.80 Å². The van der Waals surface area contributed by atoms with E-state index in [0.29, 0.717) is 28.2 Å². The fourth-order valence-electron chi connectivity index (χ4n) is 4.54. The van der Waals surface area contributed by atoms with Gasteiger partial charge in [0.2, 0.25) is 0 Å². The fourth-order valence-corrected chi connectivity index (χ4v) is 4.54. The van der Waals surface area contributed by atoms with Gasteiger partial charge in [-0.15, -0.1) is 0 Å². The van der Waals surface area contributed by atoms with Crippen LogP contribution in [0.1, 0.15) is 0 Å². The van der Waals surface area contributed by atoms with E-state index in [1.807, 2.05) is 37.2 Å². The summed E-state index contributed by atoms with van der Waals surface area (Å²) < 4.78 is 15.1. The quantitative estimate of drug-likeness (QED) is 0.414. The molecule has 0 bridgehead atoms. The molecule has 10 heteroatoms. The van der Waals surface area contributed by atoms with Gasteiger partial charge in [0.15, 0.2) is 11.6 Å². The number of hydrogen-bond acceptors (Lipinski definition) is 7. The molecule has 0 atom stereocenters. The van der Waals surface area contributed by atoms with Gasteiger partial charge in [-0.05, 0) is 25.2 Å². The summed E-state index contributed by atoms with van der Waals surface area (Å²) >= 11 is 0. The molecule has 9 nitrogen and oxygen atoms in total. The van der Waals surface area contributed by atoms with E-state index in [1.54, 1.807) is 18.6 Å². The first kappa shape index (κ1) is 21.5. The molecule has 6 rings (SSSR count). The predicted molar refractivity (Wildman–Crippen MR) is 136 cm³/mol. The monoisotopic (exact) mass is 471 g/mol. The lowest BCUT2D eigenvalue weighted by Crippen LogP contribution is -2.44. The summed E-state index contributed by atoms with van der Waals surface area (Å²) in [5.74, 6) is 1.15. The van der Waals surface area contributed by atoms with Gasteiger partial charge in [-0.25, -0.2) is 14.4 Å². The number of piperazine rings is 1. The largest absolute Gasteiger partial charge is 0.376 e. The highest BCUT2D eigenvalue weighted by Crippen LogP contribution is 2.34. The number of benzene rings is 1. The summed E-state index contributed by atoms with van der Waals surface area (Å²) in [4.78, 5) is 23.7. The van der Waals surface area contributed by atoms with Crippen molar-refractivity contribution < 1.29 is 4.39 Å². The molecule has 2 N–H and O–H groups in total. The molecule has 4 aromatic heterocycles. The summed E-state index contributed by atoms with van der Waals surface area (Å²) in [6.45, 7) is 3.77.